The minimum atomic E-state index is -3.19. The van der Waals surface area contributed by atoms with Crippen LogP contribution < -0.4 is 4.74 Å². The van der Waals surface area contributed by atoms with Gasteiger partial charge in [0.25, 0.3) is 0 Å². The van der Waals surface area contributed by atoms with Crippen molar-refractivity contribution in [1.82, 2.24) is 0 Å². The van der Waals surface area contributed by atoms with Gasteiger partial charge in [-0.2, -0.15) is 0 Å². The van der Waals surface area contributed by atoms with Gasteiger partial charge in [0.05, 0.1) is 4.90 Å². The molecule has 0 aliphatic heterocycles. The maximum absolute atomic E-state index is 13.3. The average Bonchev–Trinajstić information content (AvgIpc) is 2.45. The lowest BCUT2D eigenvalue weighted by Crippen LogP contribution is -2.01. The molecule has 2 aromatic carbocycles. The van der Waals surface area contributed by atoms with E-state index in [0.717, 1.165) is 11.1 Å². The van der Waals surface area contributed by atoms with Crippen molar-refractivity contribution in [2.45, 2.75) is 31.3 Å². The van der Waals surface area contributed by atoms with E-state index >= 15 is 0 Å². The molecular weight excluding hydrogens is 303 g/mol. The number of hydrogen-bond donors (Lipinski definition) is 0. The zero-order valence-electron chi connectivity index (χ0n) is 12.8. The monoisotopic (exact) mass is 322 g/mol. The van der Waals surface area contributed by atoms with Gasteiger partial charge in [0.15, 0.2) is 9.84 Å². The molecule has 0 aromatic heterocycles. The summed E-state index contributed by atoms with van der Waals surface area (Å²) >= 11 is 0. The maximum Gasteiger partial charge on any atom is 0.175 e. The minimum absolute atomic E-state index is 0.151. The smallest absolute Gasteiger partial charge is 0.175 e. The van der Waals surface area contributed by atoms with Crippen LogP contribution >= 0.6 is 0 Å². The Balaban J connectivity index is 2.14. The van der Waals surface area contributed by atoms with Crippen molar-refractivity contribution in [1.29, 1.82) is 0 Å². The van der Waals surface area contributed by atoms with Crippen LogP contribution in [0.4, 0.5) is 4.39 Å². The fourth-order valence-electron chi connectivity index (χ4n) is 2.10. The molecule has 5 heteroatoms. The fraction of sp³-hybridized carbons (Fsp3) is 0.294. The lowest BCUT2D eigenvalue weighted by atomic mass is 10.0. The topological polar surface area (TPSA) is 43.4 Å². The zero-order valence-corrected chi connectivity index (χ0v) is 13.7. The van der Waals surface area contributed by atoms with Crippen LogP contribution in [0.1, 0.15) is 30.9 Å². The Morgan fingerprint density at radius 2 is 1.73 bits per heavy atom. The van der Waals surface area contributed by atoms with Crippen LogP contribution in [0.5, 0.6) is 5.75 Å². The first-order valence-corrected chi connectivity index (χ1v) is 8.88. The van der Waals surface area contributed by atoms with E-state index in [9.17, 15) is 12.8 Å². The molecule has 0 radical (unpaired) electrons. The van der Waals surface area contributed by atoms with Gasteiger partial charge in [-0.25, -0.2) is 12.8 Å². The number of hydrogen-bond acceptors (Lipinski definition) is 3. The summed E-state index contributed by atoms with van der Waals surface area (Å²) in [5.41, 5.74) is 1.67. The molecular formula is C17H19FO3S. The van der Waals surface area contributed by atoms with Crippen molar-refractivity contribution in [3.8, 4) is 5.75 Å². The second kappa shape index (κ2) is 6.48. The van der Waals surface area contributed by atoms with Crippen molar-refractivity contribution < 1.29 is 17.5 Å². The summed E-state index contributed by atoms with van der Waals surface area (Å²) in [6.45, 7) is 4.25. The third-order valence-corrected chi connectivity index (χ3v) is 4.47. The molecule has 0 aliphatic rings. The number of benzene rings is 2. The first-order chi connectivity index (χ1) is 10.3. The first-order valence-electron chi connectivity index (χ1n) is 6.98. The highest BCUT2D eigenvalue weighted by Gasteiger charge is 2.10. The Labute approximate surface area is 130 Å². The standard InChI is InChI=1S/C17H19FO3S/c1-12(2)16-10-14(18)6-9-17(16)21-11-13-4-7-15(8-5-13)22(3,19)20/h4-10,12H,11H2,1-3H3. The average molecular weight is 322 g/mol. The number of halogens is 1. The SMILES string of the molecule is CC(C)c1cc(F)ccc1OCc1ccc(S(C)(=O)=O)cc1. The van der Waals surface area contributed by atoms with Crippen LogP contribution in [0.25, 0.3) is 0 Å². The van der Waals surface area contributed by atoms with E-state index < -0.39 is 9.84 Å². The Hall–Kier alpha value is -1.88. The largest absolute Gasteiger partial charge is 0.489 e. The summed E-state index contributed by atoms with van der Waals surface area (Å²) in [6.07, 6.45) is 1.17. The number of ether oxygens (including phenoxy) is 1. The summed E-state index contributed by atoms with van der Waals surface area (Å²) in [5.74, 6) is 0.510. The van der Waals surface area contributed by atoms with Crippen LogP contribution in [0, 0.1) is 5.82 Å². The van der Waals surface area contributed by atoms with Gasteiger partial charge in [-0.1, -0.05) is 26.0 Å². The molecule has 3 nitrogen and oxygen atoms in total. The van der Waals surface area contributed by atoms with Gasteiger partial charge in [-0.05, 0) is 47.4 Å². The van der Waals surface area contributed by atoms with Crippen molar-refractivity contribution in [3.05, 3.63) is 59.4 Å². The molecule has 0 bridgehead atoms. The molecule has 0 saturated heterocycles. The molecule has 0 spiro atoms. The Kier molecular flexibility index (Phi) is 4.86. The Morgan fingerprint density at radius 3 is 2.27 bits per heavy atom. The van der Waals surface area contributed by atoms with E-state index in [4.69, 9.17) is 4.74 Å². The minimum Gasteiger partial charge on any atom is -0.489 e. The molecule has 22 heavy (non-hydrogen) atoms. The van der Waals surface area contributed by atoms with Crippen LogP contribution in [-0.2, 0) is 16.4 Å². The third kappa shape index (κ3) is 4.07. The van der Waals surface area contributed by atoms with Crippen LogP contribution in [0.3, 0.4) is 0 Å². The molecule has 0 aliphatic carbocycles. The van der Waals surface area contributed by atoms with Gasteiger partial charge in [0, 0.05) is 6.26 Å². The van der Waals surface area contributed by atoms with Gasteiger partial charge in [-0.3, -0.25) is 0 Å². The second-order valence-electron chi connectivity index (χ2n) is 5.54. The van der Waals surface area contributed by atoms with E-state index in [1.807, 2.05) is 13.8 Å². The molecule has 0 heterocycles. The molecule has 0 amide bonds. The summed E-state index contributed by atoms with van der Waals surface area (Å²) in [4.78, 5) is 0.279. The molecule has 0 atom stereocenters. The lowest BCUT2D eigenvalue weighted by molar-refractivity contribution is 0.301. The van der Waals surface area contributed by atoms with Gasteiger partial charge in [0.1, 0.15) is 18.2 Å². The fourth-order valence-corrected chi connectivity index (χ4v) is 2.73. The van der Waals surface area contributed by atoms with E-state index in [2.05, 4.69) is 0 Å². The van der Waals surface area contributed by atoms with Crippen molar-refractivity contribution in [3.63, 3.8) is 0 Å². The lowest BCUT2D eigenvalue weighted by Gasteiger charge is -2.14. The summed E-state index contributed by atoms with van der Waals surface area (Å²) in [6, 6.07) is 11.0. The van der Waals surface area contributed by atoms with Crippen molar-refractivity contribution >= 4 is 9.84 Å². The van der Waals surface area contributed by atoms with Crippen LogP contribution in [-0.4, -0.2) is 14.7 Å². The van der Waals surface area contributed by atoms with Gasteiger partial charge in [0.2, 0.25) is 0 Å². The maximum atomic E-state index is 13.3. The van der Waals surface area contributed by atoms with E-state index in [1.54, 1.807) is 30.3 Å². The quantitative estimate of drug-likeness (QED) is 0.837. The summed E-state index contributed by atoms with van der Waals surface area (Å²) in [7, 11) is -3.19. The summed E-state index contributed by atoms with van der Waals surface area (Å²) in [5, 5.41) is 0. The van der Waals surface area contributed by atoms with Gasteiger partial charge >= 0.3 is 0 Å². The van der Waals surface area contributed by atoms with Crippen LogP contribution in [0.15, 0.2) is 47.4 Å². The van der Waals surface area contributed by atoms with E-state index in [0.29, 0.717) is 12.4 Å². The summed E-state index contributed by atoms with van der Waals surface area (Å²) < 4.78 is 41.9. The molecule has 118 valence electrons. The van der Waals surface area contributed by atoms with E-state index in [-0.39, 0.29) is 16.6 Å². The predicted molar refractivity (Wildman–Crippen MR) is 84.4 cm³/mol. The Morgan fingerprint density at radius 1 is 1.09 bits per heavy atom. The van der Waals surface area contributed by atoms with E-state index in [1.165, 1.54) is 18.4 Å². The third-order valence-electron chi connectivity index (χ3n) is 3.34. The highest BCUT2D eigenvalue weighted by Crippen LogP contribution is 2.28. The number of rotatable bonds is 5. The number of sulfone groups is 1. The normalized spacial score (nSPS) is 11.7. The highest BCUT2D eigenvalue weighted by atomic mass is 32.2. The van der Waals surface area contributed by atoms with Crippen molar-refractivity contribution in [2.75, 3.05) is 6.26 Å². The van der Waals surface area contributed by atoms with Gasteiger partial charge in [-0.15, -0.1) is 0 Å². The molecule has 0 fully saturated rings. The molecule has 2 rings (SSSR count). The van der Waals surface area contributed by atoms with Crippen LogP contribution in [0.2, 0.25) is 0 Å². The predicted octanol–water partition coefficient (Wildman–Crippen LogP) is 3.93. The molecule has 2 aromatic rings. The zero-order chi connectivity index (χ0) is 16.3. The molecule has 0 saturated carbocycles. The molecule has 0 N–H and O–H groups in total. The van der Waals surface area contributed by atoms with Gasteiger partial charge < -0.3 is 4.74 Å². The first kappa shape index (κ1) is 16.5. The van der Waals surface area contributed by atoms with Crippen molar-refractivity contribution in [2.24, 2.45) is 0 Å². The molecule has 0 unspecified atom stereocenters. The highest BCUT2D eigenvalue weighted by molar-refractivity contribution is 7.90. The Bertz CT molecular complexity index is 750. The second-order valence-corrected chi connectivity index (χ2v) is 7.56.